The molecule has 0 spiro atoms. The first-order valence-corrected chi connectivity index (χ1v) is 12.5. The maximum Gasteiger partial charge on any atom is 0.425 e. The number of hydrogen-bond acceptors (Lipinski definition) is 6. The number of halogens is 6. The Morgan fingerprint density at radius 1 is 1.18 bits per heavy atom. The van der Waals surface area contributed by atoms with Crippen LogP contribution in [0.4, 0.5) is 26.3 Å². The van der Waals surface area contributed by atoms with E-state index in [1.807, 2.05) is 0 Å². The van der Waals surface area contributed by atoms with E-state index >= 15 is 0 Å². The topological polar surface area (TPSA) is 89.0 Å². The Labute approximate surface area is 216 Å². The summed E-state index contributed by atoms with van der Waals surface area (Å²) < 4.78 is 92.4. The van der Waals surface area contributed by atoms with Crippen LogP contribution in [0.15, 0.2) is 35.9 Å². The van der Waals surface area contributed by atoms with E-state index in [9.17, 15) is 41.0 Å². The molecule has 0 unspecified atom stereocenters. The highest BCUT2D eigenvalue weighted by Crippen LogP contribution is 2.42. The molecule has 7 nitrogen and oxygen atoms in total. The molecule has 2 aliphatic heterocycles. The van der Waals surface area contributed by atoms with Crippen LogP contribution in [0, 0.1) is 0 Å². The first-order valence-electron chi connectivity index (χ1n) is 11.6. The fraction of sp³-hybridized carbons (Fsp3) is 0.458. The number of nitrogens with zero attached hydrogens (tertiary/aromatic N) is 2. The van der Waals surface area contributed by atoms with Crippen LogP contribution in [0.3, 0.4) is 0 Å². The van der Waals surface area contributed by atoms with Gasteiger partial charge in [-0.3, -0.25) is 4.79 Å². The second-order valence-corrected chi connectivity index (χ2v) is 9.70. The number of alkyl halides is 6. The zero-order valence-electron chi connectivity index (χ0n) is 19.6. The van der Waals surface area contributed by atoms with Gasteiger partial charge < -0.3 is 19.5 Å². The van der Waals surface area contributed by atoms with Gasteiger partial charge in [0.2, 0.25) is 11.5 Å². The number of allylic oxidation sites excluding steroid dienone is 1. The minimum atomic E-state index is -4.95. The van der Waals surface area contributed by atoms with E-state index in [2.05, 4.69) is 4.98 Å². The Bertz CT molecular complexity index is 1230. The molecule has 2 atom stereocenters. The number of carboxylic acid groups (broad SMARTS) is 1. The summed E-state index contributed by atoms with van der Waals surface area (Å²) in [5.41, 5.74) is -4.38. The number of carbonyl (C=O) groups is 2. The summed E-state index contributed by atoms with van der Waals surface area (Å²) in [4.78, 5) is 30.2. The maximum absolute atomic E-state index is 13.9. The van der Waals surface area contributed by atoms with Crippen molar-refractivity contribution >= 4 is 23.2 Å². The molecule has 0 radical (unpaired) electrons. The molecule has 14 heteroatoms. The molecule has 1 fully saturated rings. The van der Waals surface area contributed by atoms with E-state index in [0.29, 0.717) is 36.3 Å². The van der Waals surface area contributed by atoms with Gasteiger partial charge in [0, 0.05) is 30.6 Å². The number of aromatic nitrogens is 1. The second kappa shape index (κ2) is 10.5. The first-order chi connectivity index (χ1) is 17.8. The van der Waals surface area contributed by atoms with E-state index < -0.39 is 57.8 Å². The Morgan fingerprint density at radius 3 is 2.61 bits per heavy atom. The van der Waals surface area contributed by atoms with Crippen LogP contribution in [0.5, 0.6) is 11.6 Å². The minimum absolute atomic E-state index is 0.00627. The number of amides is 1. The molecule has 0 aliphatic carbocycles. The van der Waals surface area contributed by atoms with Gasteiger partial charge in [-0.1, -0.05) is 12.2 Å². The average Bonchev–Trinajstić information content (AvgIpc) is 3.31. The van der Waals surface area contributed by atoms with Crippen molar-refractivity contribution in [1.82, 2.24) is 9.88 Å². The second-order valence-electron chi connectivity index (χ2n) is 8.79. The monoisotopic (exact) mass is 564 g/mol. The summed E-state index contributed by atoms with van der Waals surface area (Å²) in [6.07, 6.45) is -4.94. The fourth-order valence-corrected chi connectivity index (χ4v) is 5.32. The van der Waals surface area contributed by atoms with Crippen LogP contribution in [0.2, 0.25) is 0 Å². The molecular weight excluding hydrogens is 542 g/mol. The molecule has 1 N–H and O–H groups in total. The zero-order chi connectivity index (χ0) is 27.7. The molecule has 0 bridgehead atoms. The van der Waals surface area contributed by atoms with Crippen LogP contribution in [0.25, 0.3) is 0 Å². The standard InChI is InChI=1S/C24H22F6N2O5S/c25-23(26,27)15-7-9-31-19-18(15)20(33)32-10-5-8-22(21(34)35,16(32)6-3-1-2-4-11-36-19)37-14-12-17(38-13-14)24(28,29)30/h1,3,7,9,12-13,16H,2,4-6,8,10-11H2,(H,34,35)/b3-1-/t16-,22+/m1/s1. The van der Waals surface area contributed by atoms with Gasteiger partial charge in [-0.2, -0.15) is 26.3 Å². The predicted octanol–water partition coefficient (Wildman–Crippen LogP) is 5.81. The Hall–Kier alpha value is -3.29. The van der Waals surface area contributed by atoms with Crippen LogP contribution >= 0.6 is 11.3 Å². The summed E-state index contributed by atoms with van der Waals surface area (Å²) in [6.45, 7) is -0.122. The van der Waals surface area contributed by atoms with Crippen molar-refractivity contribution in [2.24, 2.45) is 0 Å². The van der Waals surface area contributed by atoms with Crippen molar-refractivity contribution in [3.63, 3.8) is 0 Å². The van der Waals surface area contributed by atoms with E-state index in [0.717, 1.165) is 16.5 Å². The first kappa shape index (κ1) is 27.7. The quantitative estimate of drug-likeness (QED) is 0.374. The van der Waals surface area contributed by atoms with Crippen LogP contribution < -0.4 is 9.47 Å². The number of hydrogen-bond donors (Lipinski definition) is 1. The van der Waals surface area contributed by atoms with Gasteiger partial charge in [0.25, 0.3) is 5.91 Å². The molecule has 0 saturated carbocycles. The lowest BCUT2D eigenvalue weighted by Gasteiger charge is -2.47. The number of thiophene rings is 1. The van der Waals surface area contributed by atoms with Gasteiger partial charge in [0.05, 0.1) is 18.2 Å². The summed E-state index contributed by atoms with van der Waals surface area (Å²) in [6, 6.07) is -0.0494. The highest BCUT2D eigenvalue weighted by Gasteiger charge is 2.55. The van der Waals surface area contributed by atoms with Crippen LogP contribution in [-0.2, 0) is 17.1 Å². The highest BCUT2D eigenvalue weighted by molar-refractivity contribution is 7.10. The van der Waals surface area contributed by atoms with Crippen molar-refractivity contribution in [3.8, 4) is 11.6 Å². The molecule has 4 rings (SSSR count). The largest absolute Gasteiger partial charge is 0.478 e. The Balaban J connectivity index is 1.83. The Morgan fingerprint density at radius 2 is 1.95 bits per heavy atom. The number of fused-ring (bicyclic) bond motifs is 2. The van der Waals surface area contributed by atoms with E-state index in [1.54, 1.807) is 12.2 Å². The van der Waals surface area contributed by atoms with Gasteiger partial charge in [-0.05, 0) is 31.7 Å². The molecule has 0 aromatic carbocycles. The summed E-state index contributed by atoms with van der Waals surface area (Å²) in [5, 5.41) is 11.3. The van der Waals surface area contributed by atoms with Gasteiger partial charge >= 0.3 is 18.3 Å². The molecule has 1 amide bonds. The van der Waals surface area contributed by atoms with Gasteiger partial charge in [0.1, 0.15) is 16.2 Å². The summed E-state index contributed by atoms with van der Waals surface area (Å²) >= 11 is 0.312. The smallest absolute Gasteiger partial charge is 0.425 e. The number of pyridine rings is 1. The average molecular weight is 565 g/mol. The van der Waals surface area contributed by atoms with Crippen LogP contribution in [-0.4, -0.2) is 51.7 Å². The van der Waals surface area contributed by atoms with Gasteiger partial charge in [-0.25, -0.2) is 9.78 Å². The van der Waals surface area contributed by atoms with E-state index in [1.165, 1.54) is 0 Å². The fourth-order valence-electron chi connectivity index (χ4n) is 4.64. The molecule has 2 aromatic heterocycles. The lowest BCUT2D eigenvalue weighted by molar-refractivity contribution is -0.165. The number of aliphatic carboxylic acids is 1. The van der Waals surface area contributed by atoms with Gasteiger partial charge in [-0.15, -0.1) is 11.3 Å². The lowest BCUT2D eigenvalue weighted by atomic mass is 9.81. The third kappa shape index (κ3) is 5.45. The van der Waals surface area contributed by atoms with Gasteiger partial charge in [0.15, 0.2) is 0 Å². The number of rotatable bonds is 3. The SMILES string of the molecule is O=C1c2c(C(F)(F)F)ccnc2OCCC/C=C\C[C@H]2N1CCC[C@@]2(Oc1csc(C(F)(F)F)c1)C(=O)O. The van der Waals surface area contributed by atoms with Crippen LogP contribution in [0.1, 0.15) is 52.9 Å². The number of carbonyl (C=O) groups excluding carboxylic acids is 1. The third-order valence-electron chi connectivity index (χ3n) is 6.35. The molecular formula is C24H22F6N2O5S. The number of piperidine rings is 1. The van der Waals surface area contributed by atoms with E-state index in [4.69, 9.17) is 9.47 Å². The van der Waals surface area contributed by atoms with Crippen molar-refractivity contribution in [2.75, 3.05) is 13.2 Å². The maximum atomic E-state index is 13.9. The highest BCUT2D eigenvalue weighted by atomic mass is 32.1. The summed E-state index contributed by atoms with van der Waals surface area (Å²) in [7, 11) is 0. The molecule has 38 heavy (non-hydrogen) atoms. The summed E-state index contributed by atoms with van der Waals surface area (Å²) in [5.74, 6) is -3.61. The zero-order valence-corrected chi connectivity index (χ0v) is 20.5. The molecule has 4 heterocycles. The molecule has 206 valence electrons. The number of ether oxygens (including phenoxy) is 2. The molecule has 2 aromatic rings. The third-order valence-corrected chi connectivity index (χ3v) is 7.31. The van der Waals surface area contributed by atoms with Crippen molar-refractivity contribution in [2.45, 2.75) is 56.1 Å². The van der Waals surface area contributed by atoms with Crippen molar-refractivity contribution in [3.05, 3.63) is 51.9 Å². The number of carboxylic acids is 1. The van der Waals surface area contributed by atoms with Crippen molar-refractivity contribution in [1.29, 1.82) is 0 Å². The predicted molar refractivity (Wildman–Crippen MR) is 122 cm³/mol. The van der Waals surface area contributed by atoms with Crippen molar-refractivity contribution < 1.29 is 50.5 Å². The normalized spacial score (nSPS) is 23.8. The van der Waals surface area contributed by atoms with E-state index in [-0.39, 0.29) is 38.2 Å². The lowest BCUT2D eigenvalue weighted by Crippen LogP contribution is -2.65. The minimum Gasteiger partial charge on any atom is -0.478 e. The Kier molecular flexibility index (Phi) is 7.64. The molecule has 2 aliphatic rings. The molecule has 1 saturated heterocycles.